The van der Waals surface area contributed by atoms with Gasteiger partial charge < -0.3 is 19.7 Å². The van der Waals surface area contributed by atoms with Crippen molar-refractivity contribution in [3.05, 3.63) is 46.0 Å². The van der Waals surface area contributed by atoms with Gasteiger partial charge in [-0.25, -0.2) is 14.6 Å². The van der Waals surface area contributed by atoms with Gasteiger partial charge in [0.2, 0.25) is 5.91 Å². The first-order chi connectivity index (χ1) is 18.6. The summed E-state index contributed by atoms with van der Waals surface area (Å²) in [6.45, 7) is 9.46. The van der Waals surface area contributed by atoms with Crippen molar-refractivity contribution in [3.8, 4) is 0 Å². The second-order valence-electron chi connectivity index (χ2n) is 11.8. The van der Waals surface area contributed by atoms with Gasteiger partial charge in [-0.15, -0.1) is 11.3 Å². The van der Waals surface area contributed by atoms with Crippen molar-refractivity contribution in [1.82, 2.24) is 14.8 Å². The number of aryl methyl sites for hydroxylation is 1. The second-order valence-corrected chi connectivity index (χ2v) is 12.7. The first-order valence-electron chi connectivity index (χ1n) is 13.7. The number of methoxy groups -OCH3 is 1. The highest BCUT2D eigenvalue weighted by molar-refractivity contribution is 7.13. The van der Waals surface area contributed by atoms with E-state index in [4.69, 9.17) is 14.5 Å². The van der Waals surface area contributed by atoms with Gasteiger partial charge in [0.1, 0.15) is 18.2 Å². The number of rotatable bonds is 2. The smallest absolute Gasteiger partial charge is 0.410 e. The normalized spacial score (nSPS) is 25.0. The maximum Gasteiger partial charge on any atom is 0.410 e. The molecule has 3 aliphatic heterocycles. The molecule has 1 aromatic heterocycles. The number of nitrogens with zero attached hydrogens (tertiary/aromatic N) is 3. The van der Waals surface area contributed by atoms with E-state index >= 15 is 0 Å². The Balaban J connectivity index is 1.48. The molecule has 39 heavy (non-hydrogen) atoms. The molecule has 10 heteroatoms. The number of thiazole rings is 1. The van der Waals surface area contributed by atoms with Gasteiger partial charge in [0.25, 0.3) is 0 Å². The van der Waals surface area contributed by atoms with Gasteiger partial charge in [-0.2, -0.15) is 0 Å². The van der Waals surface area contributed by atoms with Gasteiger partial charge in [-0.1, -0.05) is 45.9 Å². The molecule has 210 valence electrons. The van der Waals surface area contributed by atoms with E-state index in [0.29, 0.717) is 18.2 Å². The Hall–Kier alpha value is -3.14. The van der Waals surface area contributed by atoms with Gasteiger partial charge in [0.15, 0.2) is 5.13 Å². The predicted octanol–water partition coefficient (Wildman–Crippen LogP) is 4.49. The monoisotopic (exact) mass is 554 g/mol. The van der Waals surface area contributed by atoms with Gasteiger partial charge in [0.05, 0.1) is 19.3 Å². The molecule has 1 aromatic carbocycles. The maximum absolute atomic E-state index is 13.9. The Bertz CT molecular complexity index is 1260. The lowest BCUT2D eigenvalue weighted by molar-refractivity contribution is -0.151. The topological polar surface area (TPSA) is 101 Å². The van der Waals surface area contributed by atoms with Crippen LogP contribution >= 0.6 is 11.3 Å². The highest BCUT2D eigenvalue weighted by Gasteiger charge is 2.45. The van der Waals surface area contributed by atoms with Crippen molar-refractivity contribution in [3.63, 3.8) is 0 Å². The standard InChI is InChI=1S/C29H38N4O5S/c1-17(2)24-25(34)33-14-20(12-22(33)26(35)37-5)38-28(36)32-13-19-9-6-8-18(21(19)15-32)10-7-11-29(3,4)23-16-39-27(30-23)31-24/h6,8-9,16-17,20,22,24H,7,10-15H2,1-5H3,(H,30,31)/t20-,22+,24+/m1/s1. The molecule has 0 saturated carbocycles. The van der Waals surface area contributed by atoms with Crippen molar-refractivity contribution in [2.45, 2.75) is 90.1 Å². The van der Waals surface area contributed by atoms with Crippen LogP contribution in [0.3, 0.4) is 0 Å². The number of anilines is 1. The van der Waals surface area contributed by atoms with E-state index in [0.717, 1.165) is 30.5 Å². The number of aromatic nitrogens is 1. The van der Waals surface area contributed by atoms with Gasteiger partial charge in [-0.3, -0.25) is 9.69 Å². The molecule has 0 unspecified atom stereocenters. The Morgan fingerprint density at radius 1 is 1.23 bits per heavy atom. The van der Waals surface area contributed by atoms with Crippen molar-refractivity contribution in [1.29, 1.82) is 0 Å². The van der Waals surface area contributed by atoms with Crippen molar-refractivity contribution in [2.75, 3.05) is 19.0 Å². The third kappa shape index (κ3) is 5.48. The number of ether oxygens (including phenoxy) is 2. The summed E-state index contributed by atoms with van der Waals surface area (Å²) in [6.07, 6.45) is 2.05. The van der Waals surface area contributed by atoms with Crippen LogP contribution in [0.2, 0.25) is 0 Å². The molecule has 3 aliphatic rings. The zero-order valence-electron chi connectivity index (χ0n) is 23.4. The van der Waals surface area contributed by atoms with Crippen LogP contribution in [-0.2, 0) is 44.0 Å². The van der Waals surface area contributed by atoms with Crippen LogP contribution in [0.25, 0.3) is 0 Å². The zero-order chi connectivity index (χ0) is 27.9. The quantitative estimate of drug-likeness (QED) is 0.546. The van der Waals surface area contributed by atoms with Gasteiger partial charge in [0, 0.05) is 30.3 Å². The molecule has 6 bridgehead atoms. The average molecular weight is 555 g/mol. The second kappa shape index (κ2) is 10.8. The van der Waals surface area contributed by atoms with Crippen LogP contribution in [0.1, 0.15) is 69.3 Å². The summed E-state index contributed by atoms with van der Waals surface area (Å²) in [6, 6.07) is 4.87. The van der Waals surface area contributed by atoms with E-state index in [2.05, 4.69) is 42.7 Å². The molecule has 1 saturated heterocycles. The Morgan fingerprint density at radius 2 is 2.00 bits per heavy atom. The molecule has 0 aliphatic carbocycles. The van der Waals surface area contributed by atoms with E-state index in [1.54, 1.807) is 4.90 Å². The molecular weight excluding hydrogens is 516 g/mol. The summed E-state index contributed by atoms with van der Waals surface area (Å²) < 4.78 is 10.9. The van der Waals surface area contributed by atoms with Crippen LogP contribution in [0, 0.1) is 5.92 Å². The lowest BCUT2D eigenvalue weighted by atomic mass is 9.83. The summed E-state index contributed by atoms with van der Waals surface area (Å²) in [4.78, 5) is 47.9. The summed E-state index contributed by atoms with van der Waals surface area (Å²) in [7, 11) is 1.31. The highest BCUT2D eigenvalue weighted by atomic mass is 32.1. The fourth-order valence-electron chi connectivity index (χ4n) is 5.88. The van der Waals surface area contributed by atoms with Crippen molar-refractivity contribution in [2.24, 2.45) is 5.92 Å². The molecular formula is C29H38N4O5S. The number of carbonyl (C=O) groups excluding carboxylic acids is 3. The van der Waals surface area contributed by atoms with Crippen molar-refractivity contribution < 1.29 is 23.9 Å². The van der Waals surface area contributed by atoms with E-state index in [-0.39, 0.29) is 30.2 Å². The summed E-state index contributed by atoms with van der Waals surface area (Å²) in [5.74, 6) is -0.808. The Kier molecular flexibility index (Phi) is 7.59. The maximum atomic E-state index is 13.9. The van der Waals surface area contributed by atoms with Crippen LogP contribution < -0.4 is 5.32 Å². The molecule has 1 fully saturated rings. The highest BCUT2D eigenvalue weighted by Crippen LogP contribution is 2.34. The first-order valence-corrected chi connectivity index (χ1v) is 14.6. The molecule has 0 radical (unpaired) electrons. The number of hydrogen-bond donors (Lipinski definition) is 1. The van der Waals surface area contributed by atoms with Crippen LogP contribution in [0.5, 0.6) is 0 Å². The molecule has 0 spiro atoms. The lowest BCUT2D eigenvalue weighted by Gasteiger charge is -2.29. The fraction of sp³-hybridized carbons (Fsp3) is 0.586. The molecule has 5 rings (SSSR count). The van der Waals surface area contributed by atoms with Gasteiger partial charge in [-0.05, 0) is 41.9 Å². The summed E-state index contributed by atoms with van der Waals surface area (Å²) in [5.41, 5.74) is 4.47. The van der Waals surface area contributed by atoms with Crippen molar-refractivity contribution >= 4 is 34.4 Å². The number of carbonyl (C=O) groups is 3. The Morgan fingerprint density at radius 3 is 2.74 bits per heavy atom. The minimum absolute atomic E-state index is 0.0665. The average Bonchev–Trinajstić information content (AvgIpc) is 3.64. The number of hydrogen-bond acceptors (Lipinski definition) is 8. The minimum atomic E-state index is -0.817. The van der Waals surface area contributed by atoms with E-state index in [9.17, 15) is 14.4 Å². The van der Waals surface area contributed by atoms with E-state index in [1.165, 1.54) is 34.5 Å². The third-order valence-corrected chi connectivity index (χ3v) is 9.06. The number of nitrogens with one attached hydrogen (secondary N) is 1. The predicted molar refractivity (Wildman–Crippen MR) is 148 cm³/mol. The van der Waals surface area contributed by atoms with Crippen LogP contribution in [0.15, 0.2) is 23.6 Å². The minimum Gasteiger partial charge on any atom is -0.467 e. The summed E-state index contributed by atoms with van der Waals surface area (Å²) >= 11 is 1.49. The fourth-order valence-corrected chi connectivity index (χ4v) is 6.82. The lowest BCUT2D eigenvalue weighted by Crippen LogP contribution is -2.50. The number of esters is 1. The Labute approximate surface area is 233 Å². The first kappa shape index (κ1) is 27.4. The SMILES string of the molecule is COC(=O)[C@@H]1C[C@@H]2CN1C(=O)[C@H](C(C)C)Nc1nc(cs1)C(C)(C)CCCc1cccc3c1CN(C3)C(=O)O2. The number of benzene rings is 1. The van der Waals surface area contributed by atoms with Gasteiger partial charge >= 0.3 is 12.1 Å². The molecule has 9 nitrogen and oxygen atoms in total. The number of amides is 2. The molecule has 1 N–H and O–H groups in total. The summed E-state index contributed by atoms with van der Waals surface area (Å²) in [5, 5.41) is 6.10. The van der Waals surface area contributed by atoms with Crippen LogP contribution in [-0.4, -0.2) is 64.6 Å². The molecule has 2 aromatic rings. The molecule has 2 amide bonds. The third-order valence-electron chi connectivity index (χ3n) is 8.28. The van der Waals surface area contributed by atoms with E-state index in [1.807, 2.05) is 13.8 Å². The van der Waals surface area contributed by atoms with Crippen LogP contribution in [0.4, 0.5) is 9.93 Å². The molecule has 4 heterocycles. The van der Waals surface area contributed by atoms with E-state index < -0.39 is 30.3 Å². The molecule has 3 atom stereocenters. The zero-order valence-corrected chi connectivity index (χ0v) is 24.2. The largest absolute Gasteiger partial charge is 0.467 e. The number of fused-ring (bicyclic) bond motifs is 5.